The van der Waals surface area contributed by atoms with Crippen molar-refractivity contribution in [3.8, 4) is 28.6 Å². The molecule has 4 aromatic rings. The molecule has 0 radical (unpaired) electrons. The van der Waals surface area contributed by atoms with Crippen LogP contribution in [-0.2, 0) is 6.54 Å². The minimum absolute atomic E-state index is 0.0317. The lowest BCUT2D eigenvalue weighted by molar-refractivity contribution is 0.0942. The molecule has 0 bridgehead atoms. The summed E-state index contributed by atoms with van der Waals surface area (Å²) in [6.07, 6.45) is 0. The SMILES string of the molecule is COc1ccc(Oc2ccc(CNC(=O)c3cc(-c4ccc(F)c(F)c4)on3)cc2)cc1. The smallest absolute Gasteiger partial charge is 0.273 e. The van der Waals surface area contributed by atoms with Gasteiger partial charge in [-0.25, -0.2) is 8.78 Å². The molecule has 8 heteroatoms. The van der Waals surface area contributed by atoms with Gasteiger partial charge in [0, 0.05) is 18.2 Å². The van der Waals surface area contributed by atoms with E-state index in [1.54, 1.807) is 43.5 Å². The fourth-order valence-electron chi connectivity index (χ4n) is 2.90. The van der Waals surface area contributed by atoms with Crippen molar-refractivity contribution in [3.63, 3.8) is 0 Å². The average molecular weight is 436 g/mol. The molecule has 1 aromatic heterocycles. The molecular formula is C24H18F2N2O4. The number of halogens is 2. The van der Waals surface area contributed by atoms with E-state index in [4.69, 9.17) is 14.0 Å². The molecule has 3 aromatic carbocycles. The van der Waals surface area contributed by atoms with Crippen LogP contribution >= 0.6 is 0 Å². The topological polar surface area (TPSA) is 73.6 Å². The molecule has 1 N–H and O–H groups in total. The van der Waals surface area contributed by atoms with E-state index in [1.807, 2.05) is 12.1 Å². The van der Waals surface area contributed by atoms with E-state index in [1.165, 1.54) is 12.1 Å². The number of hydrogen-bond donors (Lipinski definition) is 1. The minimum atomic E-state index is -1.01. The van der Waals surface area contributed by atoms with Crippen LogP contribution in [0, 0.1) is 11.6 Å². The van der Waals surface area contributed by atoms with Gasteiger partial charge in [0.2, 0.25) is 0 Å². The highest BCUT2D eigenvalue weighted by Gasteiger charge is 2.15. The van der Waals surface area contributed by atoms with Crippen LogP contribution in [0.3, 0.4) is 0 Å². The fraction of sp³-hybridized carbons (Fsp3) is 0.0833. The fourth-order valence-corrected chi connectivity index (χ4v) is 2.90. The molecule has 0 unspecified atom stereocenters. The zero-order chi connectivity index (χ0) is 22.5. The van der Waals surface area contributed by atoms with Crippen LogP contribution in [0.1, 0.15) is 16.1 Å². The number of benzene rings is 3. The predicted octanol–water partition coefficient (Wildman–Crippen LogP) is 5.35. The van der Waals surface area contributed by atoms with Crippen LogP contribution in [0.15, 0.2) is 77.3 Å². The molecule has 0 saturated heterocycles. The number of methoxy groups -OCH3 is 1. The van der Waals surface area contributed by atoms with E-state index in [0.717, 1.165) is 23.4 Å². The van der Waals surface area contributed by atoms with Gasteiger partial charge in [-0.3, -0.25) is 4.79 Å². The molecule has 0 saturated carbocycles. The van der Waals surface area contributed by atoms with Crippen molar-refractivity contribution in [2.24, 2.45) is 0 Å². The van der Waals surface area contributed by atoms with Crippen molar-refractivity contribution >= 4 is 5.91 Å². The van der Waals surface area contributed by atoms with Crippen molar-refractivity contribution < 1.29 is 27.6 Å². The molecule has 0 fully saturated rings. The number of nitrogens with zero attached hydrogens (tertiary/aromatic N) is 1. The second kappa shape index (κ2) is 9.30. The van der Waals surface area contributed by atoms with Crippen molar-refractivity contribution in [2.75, 3.05) is 7.11 Å². The van der Waals surface area contributed by atoms with E-state index < -0.39 is 17.5 Å². The molecule has 0 atom stereocenters. The summed E-state index contributed by atoms with van der Waals surface area (Å²) in [5.74, 6) is -0.202. The van der Waals surface area contributed by atoms with Crippen molar-refractivity contribution in [1.29, 1.82) is 0 Å². The number of aromatic nitrogens is 1. The maximum Gasteiger partial charge on any atom is 0.273 e. The Labute approximate surface area is 182 Å². The number of ether oxygens (including phenoxy) is 2. The molecule has 0 spiro atoms. The highest BCUT2D eigenvalue weighted by molar-refractivity contribution is 5.93. The highest BCUT2D eigenvalue weighted by Crippen LogP contribution is 2.24. The first-order valence-corrected chi connectivity index (χ1v) is 9.63. The molecular weight excluding hydrogens is 418 g/mol. The third-order valence-electron chi connectivity index (χ3n) is 4.62. The van der Waals surface area contributed by atoms with Gasteiger partial charge in [-0.15, -0.1) is 0 Å². The van der Waals surface area contributed by atoms with E-state index in [-0.39, 0.29) is 23.6 Å². The Morgan fingerprint density at radius 2 is 1.56 bits per heavy atom. The molecule has 1 heterocycles. The summed E-state index contributed by atoms with van der Waals surface area (Å²) in [6, 6.07) is 19.1. The van der Waals surface area contributed by atoms with Gasteiger partial charge in [-0.05, 0) is 60.2 Å². The molecule has 0 aliphatic rings. The van der Waals surface area contributed by atoms with Gasteiger partial charge in [-0.2, -0.15) is 0 Å². The average Bonchev–Trinajstić information content (AvgIpc) is 3.31. The summed E-state index contributed by atoms with van der Waals surface area (Å²) in [6.45, 7) is 0.259. The third kappa shape index (κ3) is 4.92. The van der Waals surface area contributed by atoms with Gasteiger partial charge < -0.3 is 19.3 Å². The lowest BCUT2D eigenvalue weighted by Gasteiger charge is -2.08. The number of carbonyl (C=O) groups excluding carboxylic acids is 1. The van der Waals surface area contributed by atoms with Crippen molar-refractivity contribution in [2.45, 2.75) is 6.54 Å². The first kappa shape index (κ1) is 21.0. The van der Waals surface area contributed by atoms with Crippen LogP contribution in [0.5, 0.6) is 17.2 Å². The van der Waals surface area contributed by atoms with Gasteiger partial charge in [0.05, 0.1) is 7.11 Å². The quantitative estimate of drug-likeness (QED) is 0.423. The molecule has 0 aliphatic carbocycles. The summed E-state index contributed by atoms with van der Waals surface area (Å²) in [5, 5.41) is 6.43. The third-order valence-corrected chi connectivity index (χ3v) is 4.62. The highest BCUT2D eigenvalue weighted by atomic mass is 19.2. The molecule has 32 heavy (non-hydrogen) atoms. The molecule has 162 valence electrons. The largest absolute Gasteiger partial charge is 0.497 e. The minimum Gasteiger partial charge on any atom is -0.497 e. The second-order valence-electron chi connectivity index (χ2n) is 6.81. The van der Waals surface area contributed by atoms with Gasteiger partial charge in [0.1, 0.15) is 17.2 Å². The number of nitrogens with one attached hydrogen (secondary N) is 1. The van der Waals surface area contributed by atoms with E-state index >= 15 is 0 Å². The maximum atomic E-state index is 13.4. The normalized spacial score (nSPS) is 10.6. The lowest BCUT2D eigenvalue weighted by Crippen LogP contribution is -2.22. The number of hydrogen-bond acceptors (Lipinski definition) is 5. The van der Waals surface area contributed by atoms with Crippen LogP contribution in [-0.4, -0.2) is 18.2 Å². The molecule has 4 rings (SSSR count). The zero-order valence-electron chi connectivity index (χ0n) is 17.0. The summed E-state index contributed by atoms with van der Waals surface area (Å²) in [4.78, 5) is 12.3. The Morgan fingerprint density at radius 3 is 2.22 bits per heavy atom. The molecule has 0 aliphatic heterocycles. The Hall–Kier alpha value is -4.20. The Morgan fingerprint density at radius 1 is 0.906 bits per heavy atom. The van der Waals surface area contributed by atoms with Gasteiger partial charge in [0.15, 0.2) is 23.1 Å². The molecule has 1 amide bonds. The lowest BCUT2D eigenvalue weighted by atomic mass is 10.1. The predicted molar refractivity (Wildman–Crippen MR) is 113 cm³/mol. The number of amides is 1. The Kier molecular flexibility index (Phi) is 6.12. The summed E-state index contributed by atoms with van der Waals surface area (Å²) >= 11 is 0. The number of rotatable bonds is 7. The van der Waals surface area contributed by atoms with E-state index in [2.05, 4.69) is 10.5 Å². The number of carbonyl (C=O) groups is 1. The first-order valence-electron chi connectivity index (χ1n) is 9.63. The molecule has 6 nitrogen and oxygen atoms in total. The Bertz CT molecular complexity index is 1220. The van der Waals surface area contributed by atoms with Crippen molar-refractivity contribution in [1.82, 2.24) is 10.5 Å². The Balaban J connectivity index is 1.33. The van der Waals surface area contributed by atoms with Crippen LogP contribution in [0.2, 0.25) is 0 Å². The monoisotopic (exact) mass is 436 g/mol. The zero-order valence-corrected chi connectivity index (χ0v) is 17.0. The standard InChI is InChI=1S/C24H18F2N2O4/c1-30-17-7-9-19(10-8-17)31-18-5-2-15(3-6-18)14-27-24(29)22-13-23(32-28-22)16-4-11-20(25)21(26)12-16/h2-13H,14H2,1H3,(H,27,29). The van der Waals surface area contributed by atoms with E-state index in [0.29, 0.717) is 11.5 Å². The van der Waals surface area contributed by atoms with Gasteiger partial charge in [-0.1, -0.05) is 17.3 Å². The van der Waals surface area contributed by atoms with Crippen LogP contribution < -0.4 is 14.8 Å². The summed E-state index contributed by atoms with van der Waals surface area (Å²) in [5.41, 5.74) is 1.16. The summed E-state index contributed by atoms with van der Waals surface area (Å²) in [7, 11) is 1.60. The maximum absolute atomic E-state index is 13.4. The first-order chi connectivity index (χ1) is 15.5. The second-order valence-corrected chi connectivity index (χ2v) is 6.81. The van der Waals surface area contributed by atoms with Gasteiger partial charge in [0.25, 0.3) is 5.91 Å². The van der Waals surface area contributed by atoms with Crippen LogP contribution in [0.4, 0.5) is 8.78 Å². The van der Waals surface area contributed by atoms with Crippen LogP contribution in [0.25, 0.3) is 11.3 Å². The summed E-state index contributed by atoms with van der Waals surface area (Å²) < 4.78 is 42.4. The van der Waals surface area contributed by atoms with Gasteiger partial charge >= 0.3 is 0 Å². The van der Waals surface area contributed by atoms with E-state index in [9.17, 15) is 13.6 Å². The van der Waals surface area contributed by atoms with Crippen molar-refractivity contribution in [3.05, 3.63) is 95.7 Å².